The summed E-state index contributed by atoms with van der Waals surface area (Å²) in [4.78, 5) is 28.2. The molecule has 0 radical (unpaired) electrons. The van der Waals surface area contributed by atoms with Crippen LogP contribution in [-0.2, 0) is 26.2 Å². The average molecular weight is 554 g/mol. The number of nitrogens with one attached hydrogen (secondary N) is 1. The number of anilines is 1. The number of carbonyl (C=O) groups excluding carboxylic acids is 2. The Morgan fingerprint density at radius 1 is 0.923 bits per heavy atom. The lowest BCUT2D eigenvalue weighted by molar-refractivity contribution is -0.140. The summed E-state index contributed by atoms with van der Waals surface area (Å²) in [5, 5.41) is 2.62. The Morgan fingerprint density at radius 3 is 2.13 bits per heavy atom. The summed E-state index contributed by atoms with van der Waals surface area (Å²) in [5.41, 5.74) is 1.93. The minimum atomic E-state index is -4.14. The molecule has 0 bridgehead atoms. The predicted molar refractivity (Wildman–Crippen MR) is 150 cm³/mol. The van der Waals surface area contributed by atoms with E-state index in [1.165, 1.54) is 31.2 Å². The van der Waals surface area contributed by atoms with E-state index >= 15 is 0 Å². The Balaban J connectivity index is 2.06. The predicted octanol–water partition coefficient (Wildman–Crippen LogP) is 3.76. The van der Waals surface area contributed by atoms with Gasteiger partial charge in [0.05, 0.1) is 24.8 Å². The van der Waals surface area contributed by atoms with E-state index in [0.29, 0.717) is 23.6 Å². The van der Waals surface area contributed by atoms with Crippen molar-refractivity contribution in [1.82, 2.24) is 10.2 Å². The van der Waals surface area contributed by atoms with Crippen molar-refractivity contribution in [3.8, 4) is 11.5 Å². The summed E-state index contributed by atoms with van der Waals surface area (Å²) in [6.45, 7) is 3.24. The molecule has 2 amide bonds. The van der Waals surface area contributed by atoms with Gasteiger partial charge in [0.15, 0.2) is 0 Å². The van der Waals surface area contributed by atoms with Crippen LogP contribution in [0.3, 0.4) is 0 Å². The first-order valence-electron chi connectivity index (χ1n) is 12.5. The third-order valence-electron chi connectivity index (χ3n) is 6.37. The van der Waals surface area contributed by atoms with Crippen LogP contribution < -0.4 is 19.1 Å². The molecule has 0 fully saturated rings. The number of hydrogen-bond acceptors (Lipinski definition) is 6. The molecule has 3 aromatic carbocycles. The highest BCUT2D eigenvalue weighted by Crippen LogP contribution is 2.27. The van der Waals surface area contributed by atoms with Gasteiger partial charge in [-0.1, -0.05) is 36.8 Å². The molecule has 1 atom stereocenters. The van der Waals surface area contributed by atoms with E-state index in [1.807, 2.05) is 13.0 Å². The lowest BCUT2D eigenvalue weighted by Crippen LogP contribution is -2.51. The lowest BCUT2D eigenvalue weighted by atomic mass is 10.1. The molecule has 10 heteroatoms. The molecule has 0 aliphatic rings. The van der Waals surface area contributed by atoms with E-state index in [0.717, 1.165) is 15.4 Å². The molecule has 208 valence electrons. The summed E-state index contributed by atoms with van der Waals surface area (Å²) in [6, 6.07) is 19.2. The maximum absolute atomic E-state index is 13.9. The Hall–Kier alpha value is -4.05. The monoisotopic (exact) mass is 553 g/mol. The van der Waals surface area contributed by atoms with Crippen molar-refractivity contribution in [1.29, 1.82) is 0 Å². The van der Waals surface area contributed by atoms with Gasteiger partial charge in [0.2, 0.25) is 11.8 Å². The van der Waals surface area contributed by atoms with Gasteiger partial charge in [0, 0.05) is 13.6 Å². The fraction of sp³-hybridized carbons (Fsp3) is 0.310. The maximum Gasteiger partial charge on any atom is 0.264 e. The molecule has 0 spiro atoms. The molecule has 39 heavy (non-hydrogen) atoms. The molecule has 0 saturated heterocycles. The maximum atomic E-state index is 13.9. The van der Waals surface area contributed by atoms with Crippen LogP contribution >= 0.6 is 0 Å². The Bertz CT molecular complexity index is 1370. The van der Waals surface area contributed by atoms with Crippen molar-refractivity contribution in [2.24, 2.45) is 0 Å². The quantitative estimate of drug-likeness (QED) is 0.366. The first-order chi connectivity index (χ1) is 18.6. The number of aryl methyl sites for hydroxylation is 1. The number of amides is 2. The van der Waals surface area contributed by atoms with Gasteiger partial charge in [-0.05, 0) is 67.4 Å². The molecule has 0 saturated carbocycles. The zero-order valence-corrected chi connectivity index (χ0v) is 23.7. The minimum Gasteiger partial charge on any atom is -0.497 e. The van der Waals surface area contributed by atoms with Gasteiger partial charge < -0.3 is 19.7 Å². The molecule has 1 N–H and O–H groups in total. The molecular weight excluding hydrogens is 518 g/mol. The summed E-state index contributed by atoms with van der Waals surface area (Å²) in [6.07, 6.45) is 0.336. The van der Waals surface area contributed by atoms with Crippen molar-refractivity contribution in [2.45, 2.75) is 37.8 Å². The third-order valence-corrected chi connectivity index (χ3v) is 8.16. The van der Waals surface area contributed by atoms with Crippen LogP contribution in [0.4, 0.5) is 5.69 Å². The minimum absolute atomic E-state index is 0.0504. The summed E-state index contributed by atoms with van der Waals surface area (Å²) in [5.74, 6) is 0.281. The van der Waals surface area contributed by atoms with Crippen LogP contribution in [0.25, 0.3) is 0 Å². The summed E-state index contributed by atoms with van der Waals surface area (Å²) < 4.78 is 39.3. The van der Waals surface area contributed by atoms with Crippen molar-refractivity contribution < 1.29 is 27.5 Å². The number of rotatable bonds is 12. The highest BCUT2D eigenvalue weighted by atomic mass is 32.2. The second-order valence-electron chi connectivity index (χ2n) is 8.93. The molecule has 1 unspecified atom stereocenters. The molecule has 3 aromatic rings. The second kappa shape index (κ2) is 13.1. The Morgan fingerprint density at radius 2 is 1.56 bits per heavy atom. The topological polar surface area (TPSA) is 105 Å². The number of likely N-dealkylation sites (N-methyl/N-ethyl adjacent to an activating group) is 1. The largest absolute Gasteiger partial charge is 0.497 e. The van der Waals surface area contributed by atoms with Crippen LogP contribution in [0.1, 0.15) is 24.5 Å². The zero-order chi connectivity index (χ0) is 28.6. The third kappa shape index (κ3) is 7.08. The van der Waals surface area contributed by atoms with Gasteiger partial charge in [0.25, 0.3) is 10.0 Å². The van der Waals surface area contributed by atoms with Crippen molar-refractivity contribution in [3.05, 3.63) is 83.9 Å². The van der Waals surface area contributed by atoms with E-state index in [4.69, 9.17) is 9.47 Å². The van der Waals surface area contributed by atoms with E-state index in [2.05, 4.69) is 5.32 Å². The highest BCUT2D eigenvalue weighted by molar-refractivity contribution is 7.92. The number of carbonyl (C=O) groups is 2. The smallest absolute Gasteiger partial charge is 0.264 e. The van der Waals surface area contributed by atoms with Crippen molar-refractivity contribution >= 4 is 27.5 Å². The van der Waals surface area contributed by atoms with Gasteiger partial charge in [-0.3, -0.25) is 13.9 Å². The summed E-state index contributed by atoms with van der Waals surface area (Å²) >= 11 is 0. The normalized spacial score (nSPS) is 11.8. The Kier molecular flexibility index (Phi) is 9.95. The molecule has 9 nitrogen and oxygen atoms in total. The van der Waals surface area contributed by atoms with Gasteiger partial charge >= 0.3 is 0 Å². The average Bonchev–Trinajstić information content (AvgIpc) is 2.95. The van der Waals surface area contributed by atoms with Gasteiger partial charge in [-0.15, -0.1) is 0 Å². The number of benzene rings is 3. The van der Waals surface area contributed by atoms with Crippen LogP contribution in [0.5, 0.6) is 11.5 Å². The SMILES string of the molecule is CCC(C(=O)NC)N(Cc1cccc(OC)c1)C(=O)CN(c1ccc(OC)cc1)S(=O)(=O)c1ccc(C)cc1. The first kappa shape index (κ1) is 29.5. The van der Waals surface area contributed by atoms with Gasteiger partial charge in [-0.25, -0.2) is 8.42 Å². The second-order valence-corrected chi connectivity index (χ2v) is 10.8. The fourth-order valence-electron chi connectivity index (χ4n) is 4.17. The van der Waals surface area contributed by atoms with Crippen LogP contribution in [0.15, 0.2) is 77.7 Å². The number of nitrogens with zero attached hydrogens (tertiary/aromatic N) is 2. The van der Waals surface area contributed by atoms with E-state index in [-0.39, 0.29) is 17.3 Å². The highest BCUT2D eigenvalue weighted by Gasteiger charge is 2.33. The molecular formula is C29H35N3O6S. The fourth-order valence-corrected chi connectivity index (χ4v) is 5.58. The van der Waals surface area contributed by atoms with Gasteiger partial charge in [-0.2, -0.15) is 0 Å². The Labute approximate surface area is 230 Å². The van der Waals surface area contributed by atoms with Crippen LogP contribution in [0, 0.1) is 6.92 Å². The van der Waals surface area contributed by atoms with Crippen molar-refractivity contribution in [2.75, 3.05) is 32.1 Å². The molecule has 0 heterocycles. The van der Waals surface area contributed by atoms with E-state index in [1.54, 1.807) is 68.6 Å². The number of methoxy groups -OCH3 is 2. The first-order valence-corrected chi connectivity index (χ1v) is 14.0. The van der Waals surface area contributed by atoms with E-state index < -0.39 is 28.5 Å². The number of hydrogen-bond donors (Lipinski definition) is 1. The standard InChI is InChI=1S/C29H35N3O6S/c1-6-27(29(34)30-3)31(19-22-8-7-9-25(18-22)38-5)28(33)20-32(23-12-14-24(37-4)15-13-23)39(35,36)26-16-10-21(2)11-17-26/h7-18,27H,6,19-20H2,1-5H3,(H,30,34). The molecule has 0 aliphatic heterocycles. The molecule has 3 rings (SSSR count). The van der Waals surface area contributed by atoms with E-state index in [9.17, 15) is 18.0 Å². The molecule has 0 aromatic heterocycles. The number of ether oxygens (including phenoxy) is 2. The van der Waals surface area contributed by atoms with Crippen molar-refractivity contribution in [3.63, 3.8) is 0 Å². The molecule has 0 aliphatic carbocycles. The number of sulfonamides is 1. The summed E-state index contributed by atoms with van der Waals surface area (Å²) in [7, 11) is 0.427. The van der Waals surface area contributed by atoms with Crippen LogP contribution in [-0.4, -0.2) is 59.0 Å². The lowest BCUT2D eigenvalue weighted by Gasteiger charge is -2.33. The van der Waals surface area contributed by atoms with Gasteiger partial charge in [0.1, 0.15) is 24.1 Å². The van der Waals surface area contributed by atoms with Crippen LogP contribution in [0.2, 0.25) is 0 Å². The zero-order valence-electron chi connectivity index (χ0n) is 22.9.